The predicted molar refractivity (Wildman–Crippen MR) is 106 cm³/mol. The summed E-state index contributed by atoms with van der Waals surface area (Å²) in [5.74, 6) is 3.00. The molecule has 7 heteroatoms. The Morgan fingerprint density at radius 3 is 2.71 bits per heavy atom. The van der Waals surface area contributed by atoms with Gasteiger partial charge in [-0.3, -0.25) is 0 Å². The molecule has 0 radical (unpaired) electrons. The van der Waals surface area contributed by atoms with Gasteiger partial charge in [0.25, 0.3) is 0 Å². The van der Waals surface area contributed by atoms with Gasteiger partial charge in [0.05, 0.1) is 12.2 Å². The zero-order valence-electron chi connectivity index (χ0n) is 16.5. The van der Waals surface area contributed by atoms with Gasteiger partial charge in [-0.25, -0.2) is 14.5 Å². The van der Waals surface area contributed by atoms with E-state index in [4.69, 9.17) is 21.1 Å². The number of aromatic nitrogens is 3. The normalized spacial score (nSPS) is 23.8. The highest BCUT2D eigenvalue weighted by Crippen LogP contribution is 2.48. The van der Waals surface area contributed by atoms with Gasteiger partial charge >= 0.3 is 5.97 Å². The zero-order valence-corrected chi connectivity index (χ0v) is 17.3. The Hall–Kier alpha value is -2.08. The second-order valence-corrected chi connectivity index (χ2v) is 9.21. The van der Waals surface area contributed by atoms with Crippen molar-refractivity contribution in [2.24, 2.45) is 17.8 Å². The molecule has 28 heavy (non-hydrogen) atoms. The maximum atomic E-state index is 12.2. The van der Waals surface area contributed by atoms with E-state index in [2.05, 4.69) is 10.1 Å². The Balaban J connectivity index is 1.40. The lowest BCUT2D eigenvalue weighted by atomic mass is 9.90. The molecule has 2 saturated carbocycles. The van der Waals surface area contributed by atoms with Crippen LogP contribution in [0.15, 0.2) is 24.4 Å². The number of rotatable bonds is 5. The smallest absolute Gasteiger partial charge is 0.341 e. The summed E-state index contributed by atoms with van der Waals surface area (Å²) >= 11 is 6.21. The Bertz CT molecular complexity index is 874. The van der Waals surface area contributed by atoms with Crippen LogP contribution < -0.4 is 4.74 Å². The lowest BCUT2D eigenvalue weighted by Crippen LogP contribution is -2.24. The van der Waals surface area contributed by atoms with Gasteiger partial charge in [0.1, 0.15) is 10.8 Å². The SMILES string of the molecule is CC(C)(C)OC(=O)c1ccc(-n2ccc(OCC3C[C@@H]4CCC3C4)n2)nc1Cl. The third kappa shape index (κ3) is 4.17. The fourth-order valence-electron chi connectivity index (χ4n) is 4.32. The molecule has 2 bridgehead atoms. The summed E-state index contributed by atoms with van der Waals surface area (Å²) in [5, 5.41) is 4.53. The van der Waals surface area contributed by atoms with Crippen LogP contribution in [0.4, 0.5) is 0 Å². The minimum absolute atomic E-state index is 0.0895. The number of esters is 1. The van der Waals surface area contributed by atoms with Crippen molar-refractivity contribution >= 4 is 17.6 Å². The Morgan fingerprint density at radius 1 is 1.25 bits per heavy atom. The number of hydrogen-bond acceptors (Lipinski definition) is 5. The van der Waals surface area contributed by atoms with Crippen LogP contribution >= 0.6 is 11.6 Å². The quantitative estimate of drug-likeness (QED) is 0.535. The largest absolute Gasteiger partial charge is 0.476 e. The van der Waals surface area contributed by atoms with Crippen molar-refractivity contribution in [1.29, 1.82) is 0 Å². The van der Waals surface area contributed by atoms with Crippen molar-refractivity contribution in [3.8, 4) is 11.7 Å². The molecule has 6 nitrogen and oxygen atoms in total. The van der Waals surface area contributed by atoms with Crippen LogP contribution in [0.1, 0.15) is 56.8 Å². The molecule has 4 rings (SSSR count). The van der Waals surface area contributed by atoms with Crippen LogP contribution in [0.2, 0.25) is 5.15 Å². The number of hydrogen-bond donors (Lipinski definition) is 0. The number of nitrogens with zero attached hydrogens (tertiary/aromatic N) is 3. The summed E-state index contributed by atoms with van der Waals surface area (Å²) in [6, 6.07) is 5.12. The Morgan fingerprint density at radius 2 is 2.07 bits per heavy atom. The second kappa shape index (κ2) is 7.39. The van der Waals surface area contributed by atoms with E-state index in [0.717, 1.165) is 18.4 Å². The highest BCUT2D eigenvalue weighted by molar-refractivity contribution is 6.32. The van der Waals surface area contributed by atoms with E-state index in [1.54, 1.807) is 23.0 Å². The Labute approximate surface area is 170 Å². The maximum Gasteiger partial charge on any atom is 0.341 e. The average Bonchev–Trinajstić information content (AvgIpc) is 3.35. The molecule has 2 aliphatic carbocycles. The summed E-state index contributed by atoms with van der Waals surface area (Å²) in [6.07, 6.45) is 7.17. The van der Waals surface area contributed by atoms with E-state index >= 15 is 0 Å². The molecule has 2 aromatic rings. The summed E-state index contributed by atoms with van der Waals surface area (Å²) in [7, 11) is 0. The molecule has 0 N–H and O–H groups in total. The van der Waals surface area contributed by atoms with Gasteiger partial charge in [0, 0.05) is 12.3 Å². The molecule has 2 aromatic heterocycles. The van der Waals surface area contributed by atoms with Gasteiger partial charge in [0.15, 0.2) is 5.82 Å². The van der Waals surface area contributed by atoms with Crippen LogP contribution in [0.25, 0.3) is 5.82 Å². The van der Waals surface area contributed by atoms with Gasteiger partial charge in [-0.05, 0) is 69.9 Å². The molecule has 0 amide bonds. The first-order chi connectivity index (χ1) is 13.3. The number of pyridine rings is 1. The lowest BCUT2D eigenvalue weighted by molar-refractivity contribution is 0.00693. The monoisotopic (exact) mass is 403 g/mol. The molecule has 0 spiro atoms. The van der Waals surface area contributed by atoms with E-state index in [-0.39, 0.29) is 10.7 Å². The van der Waals surface area contributed by atoms with E-state index in [1.807, 2.05) is 26.8 Å². The summed E-state index contributed by atoms with van der Waals surface area (Å²) in [5.41, 5.74) is -0.355. The van der Waals surface area contributed by atoms with Crippen molar-refractivity contribution in [2.75, 3.05) is 6.61 Å². The molecule has 0 aromatic carbocycles. The summed E-state index contributed by atoms with van der Waals surface area (Å²) in [4.78, 5) is 16.5. The van der Waals surface area contributed by atoms with Crippen LogP contribution in [0, 0.1) is 17.8 Å². The molecule has 2 heterocycles. The molecule has 2 fully saturated rings. The number of carbonyl (C=O) groups excluding carboxylic acids is 1. The predicted octanol–water partition coefficient (Wildman–Crippen LogP) is 4.69. The van der Waals surface area contributed by atoms with Crippen molar-refractivity contribution in [2.45, 2.75) is 52.1 Å². The first kappa shape index (κ1) is 19.2. The fourth-order valence-corrected chi connectivity index (χ4v) is 4.55. The molecule has 3 atom stereocenters. The van der Waals surface area contributed by atoms with Crippen LogP contribution in [-0.2, 0) is 4.74 Å². The van der Waals surface area contributed by atoms with Gasteiger partial charge in [0.2, 0.25) is 5.88 Å². The van der Waals surface area contributed by atoms with E-state index in [1.165, 1.54) is 25.7 Å². The molecular weight excluding hydrogens is 378 g/mol. The van der Waals surface area contributed by atoms with E-state index in [0.29, 0.717) is 17.6 Å². The highest BCUT2D eigenvalue weighted by atomic mass is 35.5. The number of halogens is 1. The first-order valence-electron chi connectivity index (χ1n) is 9.87. The lowest BCUT2D eigenvalue weighted by Gasteiger charge is -2.20. The summed E-state index contributed by atoms with van der Waals surface area (Å²) < 4.78 is 12.9. The molecular formula is C21H26ClN3O3. The van der Waals surface area contributed by atoms with Crippen molar-refractivity contribution in [3.63, 3.8) is 0 Å². The number of carbonyl (C=O) groups is 1. The highest BCUT2D eigenvalue weighted by Gasteiger charge is 2.39. The van der Waals surface area contributed by atoms with Gasteiger partial charge in [-0.2, -0.15) is 0 Å². The Kier molecular flexibility index (Phi) is 5.08. The molecule has 2 aliphatic rings. The second-order valence-electron chi connectivity index (χ2n) is 8.85. The van der Waals surface area contributed by atoms with Crippen LogP contribution in [-0.4, -0.2) is 32.9 Å². The van der Waals surface area contributed by atoms with Crippen molar-refractivity contribution in [1.82, 2.24) is 14.8 Å². The third-order valence-corrected chi connectivity index (χ3v) is 5.87. The summed E-state index contributed by atoms with van der Waals surface area (Å²) in [6.45, 7) is 6.15. The van der Waals surface area contributed by atoms with Crippen LogP contribution in [0.5, 0.6) is 5.88 Å². The average molecular weight is 404 g/mol. The molecule has 0 saturated heterocycles. The molecule has 0 aliphatic heterocycles. The molecule has 2 unspecified atom stereocenters. The molecule has 150 valence electrons. The van der Waals surface area contributed by atoms with Crippen molar-refractivity contribution in [3.05, 3.63) is 35.1 Å². The first-order valence-corrected chi connectivity index (χ1v) is 10.2. The minimum atomic E-state index is -0.591. The van der Waals surface area contributed by atoms with E-state index < -0.39 is 11.6 Å². The standard InChI is InChI=1S/C21H26ClN3O3/c1-21(2,3)28-20(26)16-6-7-17(23-19(16)22)25-9-8-18(24-25)27-12-15-11-13-4-5-14(15)10-13/h6-9,13-15H,4-5,10-12H2,1-3H3/t13-,14?,15?/m1/s1. The fraction of sp³-hybridized carbons (Fsp3) is 0.571. The van der Waals surface area contributed by atoms with Crippen molar-refractivity contribution < 1.29 is 14.3 Å². The maximum absolute atomic E-state index is 12.2. The van der Waals surface area contributed by atoms with Gasteiger partial charge < -0.3 is 9.47 Å². The van der Waals surface area contributed by atoms with Crippen LogP contribution in [0.3, 0.4) is 0 Å². The number of fused-ring (bicyclic) bond motifs is 2. The van der Waals surface area contributed by atoms with E-state index in [9.17, 15) is 4.79 Å². The topological polar surface area (TPSA) is 66.2 Å². The third-order valence-electron chi connectivity index (χ3n) is 5.58. The minimum Gasteiger partial charge on any atom is -0.476 e. The van der Waals surface area contributed by atoms with Gasteiger partial charge in [-0.15, -0.1) is 5.10 Å². The van der Waals surface area contributed by atoms with Gasteiger partial charge in [-0.1, -0.05) is 18.0 Å². The zero-order chi connectivity index (χ0) is 19.9. The number of ether oxygens (including phenoxy) is 2.